The highest BCUT2D eigenvalue weighted by molar-refractivity contribution is 7.89. The van der Waals surface area contributed by atoms with Crippen LogP contribution in [0.3, 0.4) is 0 Å². The minimum Gasteiger partial charge on any atom is -0.508 e. The maximum atomic E-state index is 11.6. The number of ether oxygens (including phenoxy) is 2. The Kier molecular flexibility index (Phi) is 6.24. The zero-order chi connectivity index (χ0) is 21.2. The second-order valence-corrected chi connectivity index (χ2v) is 9.73. The average molecular weight is 422 g/mol. The van der Waals surface area contributed by atoms with Crippen LogP contribution in [0.5, 0.6) is 17.2 Å². The van der Waals surface area contributed by atoms with Gasteiger partial charge in [-0.3, -0.25) is 0 Å². The SMILES string of the molecule is CC(C)N(CCC(O)c1ccc(O)c(CS(C)(=O)=O)c1)c1ccc2c(c1)OCO2. The lowest BCUT2D eigenvalue weighted by Crippen LogP contribution is -2.32. The molecule has 0 saturated carbocycles. The normalized spacial score (nSPS) is 14.2. The summed E-state index contributed by atoms with van der Waals surface area (Å²) in [6.07, 6.45) is 0.765. The van der Waals surface area contributed by atoms with E-state index < -0.39 is 15.9 Å². The van der Waals surface area contributed by atoms with Crippen LogP contribution in [0.4, 0.5) is 5.69 Å². The Labute approximate surface area is 171 Å². The molecule has 0 fully saturated rings. The van der Waals surface area contributed by atoms with Gasteiger partial charge in [0.2, 0.25) is 6.79 Å². The monoisotopic (exact) mass is 421 g/mol. The van der Waals surface area contributed by atoms with E-state index in [1.807, 2.05) is 18.2 Å². The molecule has 1 aliphatic heterocycles. The van der Waals surface area contributed by atoms with Gasteiger partial charge in [0.15, 0.2) is 21.3 Å². The van der Waals surface area contributed by atoms with E-state index in [0.717, 1.165) is 17.7 Å². The highest BCUT2D eigenvalue weighted by Crippen LogP contribution is 2.36. The number of rotatable bonds is 8. The Morgan fingerprint density at radius 3 is 2.52 bits per heavy atom. The molecule has 3 rings (SSSR count). The summed E-state index contributed by atoms with van der Waals surface area (Å²) in [7, 11) is -3.29. The molecule has 29 heavy (non-hydrogen) atoms. The summed E-state index contributed by atoms with van der Waals surface area (Å²) >= 11 is 0. The lowest BCUT2D eigenvalue weighted by atomic mass is 10.0. The number of fused-ring (bicyclic) bond motifs is 1. The smallest absolute Gasteiger partial charge is 0.231 e. The molecule has 0 bridgehead atoms. The third kappa shape index (κ3) is 5.33. The molecule has 0 spiro atoms. The van der Waals surface area contributed by atoms with Gasteiger partial charge in [-0.15, -0.1) is 0 Å². The third-order valence-electron chi connectivity index (χ3n) is 4.86. The van der Waals surface area contributed by atoms with Crippen LogP contribution in [0, 0.1) is 0 Å². The van der Waals surface area contributed by atoms with Gasteiger partial charge in [-0.2, -0.15) is 0 Å². The summed E-state index contributed by atoms with van der Waals surface area (Å²) in [5, 5.41) is 20.6. The molecule has 7 nitrogen and oxygen atoms in total. The van der Waals surface area contributed by atoms with Crippen LogP contribution >= 0.6 is 0 Å². The number of phenols is 1. The Morgan fingerprint density at radius 2 is 1.83 bits per heavy atom. The predicted molar refractivity (Wildman–Crippen MR) is 111 cm³/mol. The van der Waals surface area contributed by atoms with E-state index in [9.17, 15) is 18.6 Å². The van der Waals surface area contributed by atoms with Crippen LogP contribution in [-0.4, -0.2) is 44.3 Å². The van der Waals surface area contributed by atoms with E-state index in [-0.39, 0.29) is 24.3 Å². The molecule has 1 aliphatic rings. The quantitative estimate of drug-likeness (QED) is 0.676. The number of sulfone groups is 1. The van der Waals surface area contributed by atoms with E-state index in [1.54, 1.807) is 12.1 Å². The maximum absolute atomic E-state index is 11.6. The number of aliphatic hydroxyl groups is 1. The van der Waals surface area contributed by atoms with Gasteiger partial charge in [0.25, 0.3) is 0 Å². The van der Waals surface area contributed by atoms with Crippen molar-refractivity contribution >= 4 is 15.5 Å². The van der Waals surface area contributed by atoms with Crippen LogP contribution in [0.15, 0.2) is 36.4 Å². The number of aromatic hydroxyl groups is 1. The summed E-state index contributed by atoms with van der Waals surface area (Å²) in [5.74, 6) is 1.07. The summed E-state index contributed by atoms with van der Waals surface area (Å²) < 4.78 is 33.9. The lowest BCUT2D eigenvalue weighted by Gasteiger charge is -2.30. The molecule has 8 heteroatoms. The first-order valence-corrected chi connectivity index (χ1v) is 11.5. The molecule has 0 radical (unpaired) electrons. The third-order valence-corrected chi connectivity index (χ3v) is 5.70. The van der Waals surface area contributed by atoms with Crippen molar-refractivity contribution in [1.82, 2.24) is 0 Å². The van der Waals surface area contributed by atoms with Crippen molar-refractivity contribution in [3.8, 4) is 17.2 Å². The summed E-state index contributed by atoms with van der Waals surface area (Å²) in [5.41, 5.74) is 1.84. The summed E-state index contributed by atoms with van der Waals surface area (Å²) in [4.78, 5) is 2.16. The van der Waals surface area contributed by atoms with Gasteiger partial charge in [-0.25, -0.2) is 8.42 Å². The zero-order valence-corrected chi connectivity index (χ0v) is 17.6. The molecular formula is C21H27NO6S. The van der Waals surface area contributed by atoms with Crippen molar-refractivity contribution in [2.75, 3.05) is 24.5 Å². The summed E-state index contributed by atoms with van der Waals surface area (Å²) in [6.45, 7) is 4.94. The van der Waals surface area contributed by atoms with E-state index in [0.29, 0.717) is 29.8 Å². The second-order valence-electron chi connectivity index (χ2n) is 7.59. The Balaban J connectivity index is 1.72. The molecule has 2 N–H and O–H groups in total. The molecular weight excluding hydrogens is 394 g/mol. The largest absolute Gasteiger partial charge is 0.508 e. The van der Waals surface area contributed by atoms with Gasteiger partial charge >= 0.3 is 0 Å². The minimum atomic E-state index is -3.29. The van der Waals surface area contributed by atoms with Crippen LogP contribution in [-0.2, 0) is 15.6 Å². The molecule has 2 aromatic rings. The van der Waals surface area contributed by atoms with Crippen molar-refractivity contribution in [2.24, 2.45) is 0 Å². The Bertz CT molecular complexity index is 973. The number of aliphatic hydroxyl groups excluding tert-OH is 1. The fraction of sp³-hybridized carbons (Fsp3) is 0.429. The molecule has 1 atom stereocenters. The summed E-state index contributed by atoms with van der Waals surface area (Å²) in [6, 6.07) is 10.6. The molecule has 1 unspecified atom stereocenters. The van der Waals surface area contributed by atoms with Crippen LogP contribution < -0.4 is 14.4 Å². The van der Waals surface area contributed by atoms with Crippen LogP contribution in [0.25, 0.3) is 0 Å². The first-order chi connectivity index (χ1) is 13.6. The van der Waals surface area contributed by atoms with Crippen molar-refractivity contribution < 1.29 is 28.1 Å². The average Bonchev–Trinajstić information content (AvgIpc) is 3.10. The van der Waals surface area contributed by atoms with Crippen LogP contribution in [0.1, 0.15) is 37.5 Å². The topological polar surface area (TPSA) is 96.3 Å². The standard InChI is InChI=1S/C21H27NO6S/c1-14(2)22(17-5-7-20-21(11-17)28-13-27-20)9-8-19(24)15-4-6-18(23)16(10-15)12-29(3,25)26/h4-7,10-11,14,19,23-24H,8-9,12-13H2,1-3H3. The fourth-order valence-electron chi connectivity index (χ4n) is 3.39. The molecule has 0 aromatic heterocycles. The highest BCUT2D eigenvalue weighted by Gasteiger charge is 2.20. The molecule has 0 aliphatic carbocycles. The van der Waals surface area contributed by atoms with Crippen molar-refractivity contribution in [3.05, 3.63) is 47.5 Å². The van der Waals surface area contributed by atoms with E-state index in [1.165, 1.54) is 6.07 Å². The Hall–Kier alpha value is -2.45. The number of phenolic OH excluding ortho intramolecular Hbond substituents is 1. The van der Waals surface area contributed by atoms with Gasteiger partial charge in [0.1, 0.15) is 5.75 Å². The van der Waals surface area contributed by atoms with Gasteiger partial charge in [0, 0.05) is 36.2 Å². The van der Waals surface area contributed by atoms with Crippen molar-refractivity contribution in [1.29, 1.82) is 0 Å². The lowest BCUT2D eigenvalue weighted by molar-refractivity contribution is 0.168. The van der Waals surface area contributed by atoms with E-state index >= 15 is 0 Å². The molecule has 2 aromatic carbocycles. The van der Waals surface area contributed by atoms with Gasteiger partial charge < -0.3 is 24.6 Å². The predicted octanol–water partition coefficient (Wildman–Crippen LogP) is 3.00. The first kappa shape index (κ1) is 21.3. The van der Waals surface area contributed by atoms with E-state index in [4.69, 9.17) is 9.47 Å². The maximum Gasteiger partial charge on any atom is 0.231 e. The number of nitrogens with zero attached hydrogens (tertiary/aromatic N) is 1. The molecule has 0 amide bonds. The minimum absolute atomic E-state index is 0.0875. The first-order valence-electron chi connectivity index (χ1n) is 9.48. The van der Waals surface area contributed by atoms with Crippen LogP contribution in [0.2, 0.25) is 0 Å². The Morgan fingerprint density at radius 1 is 1.10 bits per heavy atom. The number of hydrogen-bond donors (Lipinski definition) is 2. The van der Waals surface area contributed by atoms with Crippen molar-refractivity contribution in [3.63, 3.8) is 0 Å². The van der Waals surface area contributed by atoms with Gasteiger partial charge in [0.05, 0.1) is 11.9 Å². The second kappa shape index (κ2) is 8.51. The zero-order valence-electron chi connectivity index (χ0n) is 16.8. The fourth-order valence-corrected chi connectivity index (χ4v) is 4.18. The van der Waals surface area contributed by atoms with E-state index in [2.05, 4.69) is 18.7 Å². The molecule has 1 heterocycles. The number of benzene rings is 2. The number of hydrogen-bond acceptors (Lipinski definition) is 7. The van der Waals surface area contributed by atoms with Gasteiger partial charge in [-0.1, -0.05) is 6.07 Å². The molecule has 0 saturated heterocycles. The number of anilines is 1. The van der Waals surface area contributed by atoms with Gasteiger partial charge in [-0.05, 0) is 50.1 Å². The highest BCUT2D eigenvalue weighted by atomic mass is 32.2. The van der Waals surface area contributed by atoms with Crippen molar-refractivity contribution in [2.45, 2.75) is 38.2 Å². The molecule has 158 valence electrons.